The monoisotopic (exact) mass is 304 g/mol. The van der Waals surface area contributed by atoms with Crippen LogP contribution in [-0.4, -0.2) is 46.9 Å². The van der Waals surface area contributed by atoms with E-state index in [1.54, 1.807) is 12.1 Å². The molecule has 0 spiro atoms. The minimum atomic E-state index is -3.15. The number of hydrogen-bond acceptors (Lipinski definition) is 6. The van der Waals surface area contributed by atoms with Crippen LogP contribution in [0.1, 0.15) is 18.1 Å². The molecule has 1 unspecified atom stereocenters. The zero-order chi connectivity index (χ0) is 15.3. The van der Waals surface area contributed by atoms with E-state index in [0.29, 0.717) is 22.8 Å². The van der Waals surface area contributed by atoms with Gasteiger partial charge in [-0.1, -0.05) is 0 Å². The third kappa shape index (κ3) is 4.28. The number of aliphatic hydroxyl groups is 1. The molecule has 114 valence electrons. The van der Waals surface area contributed by atoms with Crippen molar-refractivity contribution in [3.63, 3.8) is 0 Å². The third-order valence-corrected chi connectivity index (χ3v) is 3.83. The van der Waals surface area contributed by atoms with E-state index in [1.807, 2.05) is 0 Å². The maximum absolute atomic E-state index is 11.2. The Kier molecular flexibility index (Phi) is 5.64. The van der Waals surface area contributed by atoms with Gasteiger partial charge in [0.1, 0.15) is 27.1 Å². The minimum absolute atomic E-state index is 0.0673. The Labute approximate surface area is 119 Å². The number of rotatable bonds is 7. The Morgan fingerprint density at radius 3 is 1.95 bits per heavy atom. The topological polar surface area (TPSA) is 82.1 Å². The predicted molar refractivity (Wildman–Crippen MR) is 75.4 cm³/mol. The van der Waals surface area contributed by atoms with Crippen LogP contribution in [0.15, 0.2) is 12.1 Å². The van der Waals surface area contributed by atoms with Crippen LogP contribution in [-0.2, 0) is 9.84 Å². The maximum Gasteiger partial charge on any atom is 0.147 e. The van der Waals surface area contributed by atoms with Crippen molar-refractivity contribution < 1.29 is 27.7 Å². The van der Waals surface area contributed by atoms with Gasteiger partial charge in [0.2, 0.25) is 0 Å². The SMILES string of the molecule is COc1cc(OC)c(C(O)CCS(C)(=O)=O)c(OC)c1. The molecular formula is C13H20O6S. The zero-order valence-electron chi connectivity index (χ0n) is 12.0. The molecule has 0 bridgehead atoms. The zero-order valence-corrected chi connectivity index (χ0v) is 12.9. The van der Waals surface area contributed by atoms with Crippen LogP contribution < -0.4 is 14.2 Å². The van der Waals surface area contributed by atoms with Gasteiger partial charge in [-0.25, -0.2) is 8.42 Å². The quantitative estimate of drug-likeness (QED) is 0.814. The second-order valence-corrected chi connectivity index (χ2v) is 6.64. The first-order chi connectivity index (χ1) is 9.32. The van der Waals surface area contributed by atoms with E-state index in [2.05, 4.69) is 0 Å². The molecule has 1 aromatic rings. The molecule has 0 fully saturated rings. The van der Waals surface area contributed by atoms with E-state index in [1.165, 1.54) is 21.3 Å². The lowest BCUT2D eigenvalue weighted by Gasteiger charge is -2.19. The number of aliphatic hydroxyl groups excluding tert-OH is 1. The highest BCUT2D eigenvalue weighted by molar-refractivity contribution is 7.90. The number of methoxy groups -OCH3 is 3. The fourth-order valence-electron chi connectivity index (χ4n) is 1.83. The molecule has 6 nitrogen and oxygen atoms in total. The van der Waals surface area contributed by atoms with Gasteiger partial charge >= 0.3 is 0 Å². The molecule has 0 aliphatic carbocycles. The molecule has 0 aromatic heterocycles. The van der Waals surface area contributed by atoms with Crippen molar-refractivity contribution in [1.82, 2.24) is 0 Å². The summed E-state index contributed by atoms with van der Waals surface area (Å²) in [7, 11) is 1.28. The van der Waals surface area contributed by atoms with E-state index in [9.17, 15) is 13.5 Å². The number of benzene rings is 1. The summed E-state index contributed by atoms with van der Waals surface area (Å²) in [6.45, 7) is 0. The molecule has 0 heterocycles. The molecule has 1 aromatic carbocycles. The summed E-state index contributed by atoms with van der Waals surface area (Å²) in [6, 6.07) is 3.23. The van der Waals surface area contributed by atoms with Crippen LogP contribution >= 0.6 is 0 Å². The van der Waals surface area contributed by atoms with Crippen molar-refractivity contribution in [1.29, 1.82) is 0 Å². The molecule has 0 aliphatic heterocycles. The molecule has 1 rings (SSSR count). The van der Waals surface area contributed by atoms with Crippen LogP contribution in [0.5, 0.6) is 17.2 Å². The third-order valence-electron chi connectivity index (χ3n) is 2.85. The average Bonchev–Trinajstić information content (AvgIpc) is 2.42. The molecule has 20 heavy (non-hydrogen) atoms. The van der Waals surface area contributed by atoms with Gasteiger partial charge in [-0.05, 0) is 6.42 Å². The Bertz CT molecular complexity index is 527. The molecule has 0 radical (unpaired) electrons. The maximum atomic E-state index is 11.2. The normalized spacial score (nSPS) is 12.8. The number of sulfone groups is 1. The molecule has 0 saturated heterocycles. The summed E-state index contributed by atoms with van der Waals surface area (Å²) < 4.78 is 37.9. The lowest BCUT2D eigenvalue weighted by Crippen LogP contribution is -2.10. The molecule has 0 amide bonds. The lowest BCUT2D eigenvalue weighted by atomic mass is 10.0. The van der Waals surface area contributed by atoms with Gasteiger partial charge in [-0.15, -0.1) is 0 Å². The van der Waals surface area contributed by atoms with Crippen LogP contribution in [0.3, 0.4) is 0 Å². The Hall–Kier alpha value is -1.47. The largest absolute Gasteiger partial charge is 0.496 e. The first-order valence-electron chi connectivity index (χ1n) is 5.98. The van der Waals surface area contributed by atoms with Crippen molar-refractivity contribution in [2.45, 2.75) is 12.5 Å². The molecular weight excluding hydrogens is 284 g/mol. The number of ether oxygens (including phenoxy) is 3. The summed E-state index contributed by atoms with van der Waals surface area (Å²) >= 11 is 0. The van der Waals surface area contributed by atoms with Gasteiger partial charge in [0.25, 0.3) is 0 Å². The van der Waals surface area contributed by atoms with Gasteiger partial charge in [0.05, 0.1) is 38.7 Å². The second-order valence-electron chi connectivity index (χ2n) is 4.38. The van der Waals surface area contributed by atoms with Crippen LogP contribution in [0, 0.1) is 0 Å². The summed E-state index contributed by atoms with van der Waals surface area (Å²) in [5.74, 6) is 1.19. The van der Waals surface area contributed by atoms with Crippen molar-refractivity contribution >= 4 is 9.84 Å². The predicted octanol–water partition coefficient (Wildman–Crippen LogP) is 1.18. The average molecular weight is 304 g/mol. The summed E-state index contributed by atoms with van der Waals surface area (Å²) in [5.41, 5.74) is 0.416. The Morgan fingerprint density at radius 2 is 1.60 bits per heavy atom. The van der Waals surface area contributed by atoms with Gasteiger partial charge in [-0.2, -0.15) is 0 Å². The fourth-order valence-corrected chi connectivity index (χ4v) is 2.48. The molecule has 1 atom stereocenters. The molecule has 7 heteroatoms. The second kappa shape index (κ2) is 6.81. The highest BCUT2D eigenvalue weighted by Crippen LogP contribution is 2.39. The Balaban J connectivity index is 3.14. The van der Waals surface area contributed by atoms with E-state index in [-0.39, 0.29) is 12.2 Å². The van der Waals surface area contributed by atoms with Gasteiger partial charge in [0, 0.05) is 18.4 Å². The highest BCUT2D eigenvalue weighted by atomic mass is 32.2. The minimum Gasteiger partial charge on any atom is -0.496 e. The number of hydrogen-bond donors (Lipinski definition) is 1. The molecule has 0 aliphatic rings. The van der Waals surface area contributed by atoms with Crippen molar-refractivity contribution in [2.24, 2.45) is 0 Å². The van der Waals surface area contributed by atoms with Crippen LogP contribution in [0.4, 0.5) is 0 Å². The molecule has 0 saturated carbocycles. The summed E-state index contributed by atoms with van der Waals surface area (Å²) in [6.07, 6.45) is 0.195. The van der Waals surface area contributed by atoms with E-state index < -0.39 is 15.9 Å². The van der Waals surface area contributed by atoms with E-state index in [4.69, 9.17) is 14.2 Å². The first kappa shape index (κ1) is 16.6. The van der Waals surface area contributed by atoms with Gasteiger partial charge in [0.15, 0.2) is 0 Å². The van der Waals surface area contributed by atoms with Crippen molar-refractivity contribution in [2.75, 3.05) is 33.3 Å². The van der Waals surface area contributed by atoms with E-state index in [0.717, 1.165) is 6.26 Å². The smallest absolute Gasteiger partial charge is 0.147 e. The highest BCUT2D eigenvalue weighted by Gasteiger charge is 2.21. The molecule has 1 N–H and O–H groups in total. The first-order valence-corrected chi connectivity index (χ1v) is 8.04. The summed E-state index contributed by atoms with van der Waals surface area (Å²) in [4.78, 5) is 0. The van der Waals surface area contributed by atoms with Crippen LogP contribution in [0.25, 0.3) is 0 Å². The van der Waals surface area contributed by atoms with Crippen LogP contribution in [0.2, 0.25) is 0 Å². The fraction of sp³-hybridized carbons (Fsp3) is 0.538. The lowest BCUT2D eigenvalue weighted by molar-refractivity contribution is 0.165. The van der Waals surface area contributed by atoms with E-state index >= 15 is 0 Å². The standard InChI is InChI=1S/C13H20O6S/c1-17-9-7-11(18-2)13(12(8-9)19-3)10(14)5-6-20(4,15)16/h7-8,10,14H,5-6H2,1-4H3. The van der Waals surface area contributed by atoms with Gasteiger partial charge in [-0.3, -0.25) is 0 Å². The Morgan fingerprint density at radius 1 is 1.10 bits per heavy atom. The van der Waals surface area contributed by atoms with Gasteiger partial charge < -0.3 is 19.3 Å². The summed E-state index contributed by atoms with van der Waals surface area (Å²) in [5, 5.41) is 10.2. The van der Waals surface area contributed by atoms with Crippen molar-refractivity contribution in [3.05, 3.63) is 17.7 Å². The van der Waals surface area contributed by atoms with Crippen molar-refractivity contribution in [3.8, 4) is 17.2 Å².